The van der Waals surface area contributed by atoms with Gasteiger partial charge in [0.15, 0.2) is 9.84 Å². The maximum absolute atomic E-state index is 11.9. The molecule has 0 fully saturated rings. The van der Waals surface area contributed by atoms with Crippen molar-refractivity contribution in [1.29, 1.82) is 0 Å². The molecule has 0 bridgehead atoms. The highest BCUT2D eigenvalue weighted by Gasteiger charge is 2.20. The Morgan fingerprint density at radius 1 is 1.29 bits per heavy atom. The Hall–Kier alpha value is -1.11. The Kier molecular flexibility index (Phi) is 7.14. The largest absolute Gasteiger partial charge is 0.491 e. The zero-order valence-electron chi connectivity index (χ0n) is 12.7. The zero-order chi connectivity index (χ0) is 15.9. The van der Waals surface area contributed by atoms with E-state index in [1.807, 2.05) is 26.0 Å². The lowest BCUT2D eigenvalue weighted by molar-refractivity contribution is 0.124. The van der Waals surface area contributed by atoms with Crippen LogP contribution in [0.4, 0.5) is 0 Å². The molecule has 0 aliphatic carbocycles. The third-order valence-corrected chi connectivity index (χ3v) is 5.27. The molecule has 0 aromatic heterocycles. The van der Waals surface area contributed by atoms with Crippen LogP contribution in [0.3, 0.4) is 0 Å². The first-order valence-corrected chi connectivity index (χ1v) is 8.99. The highest BCUT2D eigenvalue weighted by molar-refractivity contribution is 7.91. The monoisotopic (exact) mass is 315 g/mol. The topological polar surface area (TPSA) is 89.6 Å². The van der Waals surface area contributed by atoms with Gasteiger partial charge in [0.2, 0.25) is 0 Å². The second-order valence-corrected chi connectivity index (χ2v) is 7.52. The summed E-state index contributed by atoms with van der Waals surface area (Å²) in [5, 5.41) is 9.86. The van der Waals surface area contributed by atoms with Crippen LogP contribution < -0.4 is 10.5 Å². The summed E-state index contributed by atoms with van der Waals surface area (Å²) in [5.41, 5.74) is 6.42. The number of ether oxygens (including phenoxy) is 1. The summed E-state index contributed by atoms with van der Waals surface area (Å²) in [6.45, 7) is 4.11. The van der Waals surface area contributed by atoms with Crippen LogP contribution in [0.1, 0.15) is 25.8 Å². The van der Waals surface area contributed by atoms with Crippen LogP contribution in [0.15, 0.2) is 24.3 Å². The fraction of sp³-hybridized carbons (Fsp3) is 0.600. The molecule has 0 radical (unpaired) electrons. The fourth-order valence-electron chi connectivity index (χ4n) is 1.96. The van der Waals surface area contributed by atoms with Crippen LogP contribution in [0, 0.1) is 5.92 Å². The average molecular weight is 315 g/mol. The molecule has 0 saturated carbocycles. The van der Waals surface area contributed by atoms with E-state index >= 15 is 0 Å². The third kappa shape index (κ3) is 6.46. The summed E-state index contributed by atoms with van der Waals surface area (Å²) < 4.78 is 29.3. The molecule has 6 heteroatoms. The number of para-hydroxylation sites is 1. The van der Waals surface area contributed by atoms with E-state index in [-0.39, 0.29) is 24.0 Å². The molecule has 2 unspecified atom stereocenters. The predicted molar refractivity (Wildman–Crippen MR) is 83.9 cm³/mol. The quantitative estimate of drug-likeness (QED) is 0.718. The predicted octanol–water partition coefficient (Wildman–Crippen LogP) is 1.35. The second kappa shape index (κ2) is 8.36. The van der Waals surface area contributed by atoms with Crippen molar-refractivity contribution >= 4 is 9.84 Å². The van der Waals surface area contributed by atoms with Crippen molar-refractivity contribution < 1.29 is 18.3 Å². The minimum absolute atomic E-state index is 0.0588. The molecule has 3 N–H and O–H groups in total. The molecule has 2 atom stereocenters. The lowest BCUT2D eigenvalue weighted by Crippen LogP contribution is -2.30. The van der Waals surface area contributed by atoms with E-state index in [0.717, 1.165) is 12.0 Å². The molecule has 0 amide bonds. The molecule has 0 heterocycles. The lowest BCUT2D eigenvalue weighted by Gasteiger charge is -2.16. The number of benzene rings is 1. The van der Waals surface area contributed by atoms with Crippen molar-refractivity contribution in [3.8, 4) is 5.75 Å². The van der Waals surface area contributed by atoms with Crippen LogP contribution >= 0.6 is 0 Å². The van der Waals surface area contributed by atoms with Crippen molar-refractivity contribution in [3.63, 3.8) is 0 Å². The Labute approximate surface area is 127 Å². The minimum Gasteiger partial charge on any atom is -0.491 e. The first-order chi connectivity index (χ1) is 9.88. The summed E-state index contributed by atoms with van der Waals surface area (Å²) in [6.07, 6.45) is -0.236. The van der Waals surface area contributed by atoms with Gasteiger partial charge in [0.05, 0.1) is 11.5 Å². The molecule has 1 aromatic rings. The normalized spacial score (nSPS) is 14.7. The Morgan fingerprint density at radius 2 is 1.95 bits per heavy atom. The molecule has 1 aromatic carbocycles. The van der Waals surface area contributed by atoms with Crippen molar-refractivity contribution in [3.05, 3.63) is 29.8 Å². The van der Waals surface area contributed by atoms with E-state index in [0.29, 0.717) is 12.3 Å². The molecular formula is C15H25NO4S. The van der Waals surface area contributed by atoms with Crippen LogP contribution in [0.2, 0.25) is 0 Å². The Morgan fingerprint density at radius 3 is 2.57 bits per heavy atom. The molecule has 5 nitrogen and oxygen atoms in total. The van der Waals surface area contributed by atoms with E-state index in [1.54, 1.807) is 12.1 Å². The fourth-order valence-corrected chi connectivity index (χ4v) is 3.88. The van der Waals surface area contributed by atoms with E-state index in [2.05, 4.69) is 0 Å². The summed E-state index contributed by atoms with van der Waals surface area (Å²) in [7, 11) is -3.27. The Balaban J connectivity index is 2.52. The van der Waals surface area contributed by atoms with Crippen LogP contribution in [0.25, 0.3) is 0 Å². The van der Waals surface area contributed by atoms with Gasteiger partial charge in [0.25, 0.3) is 0 Å². The number of hydrogen-bond acceptors (Lipinski definition) is 5. The Bertz CT molecular complexity index is 530. The van der Waals surface area contributed by atoms with Gasteiger partial charge in [0.1, 0.15) is 18.5 Å². The van der Waals surface area contributed by atoms with Gasteiger partial charge in [-0.25, -0.2) is 8.42 Å². The molecular weight excluding hydrogens is 290 g/mol. The van der Waals surface area contributed by atoms with Crippen LogP contribution in [-0.2, 0) is 16.4 Å². The molecule has 120 valence electrons. The summed E-state index contributed by atoms with van der Waals surface area (Å²) >= 11 is 0. The van der Waals surface area contributed by atoms with Crippen LogP contribution in [0.5, 0.6) is 5.75 Å². The molecule has 0 aliphatic heterocycles. The minimum atomic E-state index is -3.27. The van der Waals surface area contributed by atoms with Gasteiger partial charge in [-0.2, -0.15) is 0 Å². The number of nitrogens with two attached hydrogens (primary N) is 1. The number of sulfone groups is 1. The summed E-state index contributed by atoms with van der Waals surface area (Å²) in [5.74, 6) is 0.502. The van der Waals surface area contributed by atoms with Gasteiger partial charge in [0, 0.05) is 12.1 Å². The van der Waals surface area contributed by atoms with Gasteiger partial charge in [-0.15, -0.1) is 0 Å². The van der Waals surface area contributed by atoms with Crippen molar-refractivity contribution in [2.75, 3.05) is 18.1 Å². The number of aliphatic hydroxyl groups excluding tert-OH is 1. The molecule has 0 aliphatic rings. The lowest BCUT2D eigenvalue weighted by atomic mass is 10.2. The van der Waals surface area contributed by atoms with Crippen molar-refractivity contribution in [2.24, 2.45) is 11.7 Å². The van der Waals surface area contributed by atoms with E-state index in [9.17, 15) is 13.5 Å². The smallest absolute Gasteiger partial charge is 0.153 e. The first-order valence-electron chi connectivity index (χ1n) is 7.17. The molecule has 0 spiro atoms. The standard InChI is InChI=1S/C15H25NO4S/c1-3-12(2)10-21(18,19)11-14(17)9-20-15-7-5-4-6-13(15)8-16/h4-7,12,14,17H,3,8-11,16H2,1-2H3. The highest BCUT2D eigenvalue weighted by atomic mass is 32.2. The maximum atomic E-state index is 11.9. The number of hydrogen-bond donors (Lipinski definition) is 2. The molecule has 0 saturated heterocycles. The van der Waals surface area contributed by atoms with Gasteiger partial charge < -0.3 is 15.6 Å². The van der Waals surface area contributed by atoms with Gasteiger partial charge >= 0.3 is 0 Å². The van der Waals surface area contributed by atoms with E-state index in [4.69, 9.17) is 10.5 Å². The molecule has 21 heavy (non-hydrogen) atoms. The first kappa shape index (κ1) is 17.9. The van der Waals surface area contributed by atoms with Gasteiger partial charge in [-0.05, 0) is 12.0 Å². The number of aliphatic hydroxyl groups is 1. The summed E-state index contributed by atoms with van der Waals surface area (Å²) in [4.78, 5) is 0. The summed E-state index contributed by atoms with van der Waals surface area (Å²) in [6, 6.07) is 7.24. The average Bonchev–Trinajstić information content (AvgIpc) is 2.44. The molecule has 1 rings (SSSR count). The van der Waals surface area contributed by atoms with Gasteiger partial charge in [-0.3, -0.25) is 0 Å². The van der Waals surface area contributed by atoms with Crippen molar-refractivity contribution in [2.45, 2.75) is 32.9 Å². The second-order valence-electron chi connectivity index (χ2n) is 5.37. The van der Waals surface area contributed by atoms with Crippen molar-refractivity contribution in [1.82, 2.24) is 0 Å². The maximum Gasteiger partial charge on any atom is 0.153 e. The highest BCUT2D eigenvalue weighted by Crippen LogP contribution is 2.17. The third-order valence-electron chi connectivity index (χ3n) is 3.31. The zero-order valence-corrected chi connectivity index (χ0v) is 13.5. The van der Waals surface area contributed by atoms with Crippen LogP contribution in [-0.4, -0.2) is 37.7 Å². The van der Waals surface area contributed by atoms with E-state index in [1.165, 1.54) is 0 Å². The number of rotatable bonds is 9. The van der Waals surface area contributed by atoms with E-state index < -0.39 is 15.9 Å². The van der Waals surface area contributed by atoms with Gasteiger partial charge in [-0.1, -0.05) is 38.5 Å². The SMILES string of the molecule is CCC(C)CS(=O)(=O)CC(O)COc1ccccc1CN.